The van der Waals surface area contributed by atoms with Gasteiger partial charge in [-0.1, -0.05) is 13.8 Å². The van der Waals surface area contributed by atoms with Gasteiger partial charge < -0.3 is 5.32 Å². The smallest absolute Gasteiger partial charge is 0.264 e. The van der Waals surface area contributed by atoms with Gasteiger partial charge in [0.15, 0.2) is 0 Å². The van der Waals surface area contributed by atoms with Crippen molar-refractivity contribution in [2.45, 2.75) is 25.7 Å². The molecule has 0 bridgehead atoms. The Morgan fingerprint density at radius 3 is 2.41 bits per heavy atom. The largest absolute Gasteiger partial charge is 0.340 e. The van der Waals surface area contributed by atoms with Crippen LogP contribution < -0.4 is 10.0 Å². The van der Waals surface area contributed by atoms with Gasteiger partial charge in [0, 0.05) is 50.7 Å². The quantitative estimate of drug-likeness (QED) is 0.366. The van der Waals surface area contributed by atoms with Gasteiger partial charge in [-0.3, -0.25) is 4.79 Å². The maximum atomic E-state index is 12.1. The van der Waals surface area contributed by atoms with E-state index >= 15 is 0 Å². The molecule has 2 aromatic heterocycles. The van der Waals surface area contributed by atoms with Crippen LogP contribution in [0, 0.1) is 19.9 Å². The third-order valence-corrected chi connectivity index (χ3v) is 6.99. The van der Waals surface area contributed by atoms with Gasteiger partial charge in [-0.2, -0.15) is 29.3 Å². The van der Waals surface area contributed by atoms with Gasteiger partial charge in [0.05, 0.1) is 4.90 Å². The standard InChI is InChI=1S/C22H19N4O3S2.Y/c1-13-4-9-18(14(2)10-13)19-11-30-22-20(19)21(23-12-24-22)25-16-5-7-17(8-6-16)31(28,29)26-15(3)27;/h4-9,11-12H,1-3H3,(H,26,27)(H,23,24,25);/q-1;. The van der Waals surface area contributed by atoms with E-state index in [-0.39, 0.29) is 37.6 Å². The predicted octanol–water partition coefficient (Wildman–Crippen LogP) is 4.34. The van der Waals surface area contributed by atoms with E-state index in [2.05, 4.69) is 32.8 Å². The SMILES string of the molecule is CC(=O)NS(=O)(=O)c1ccc(Nc2ncnc3scc(-c4ccc(C)[c-]c4C)c23)cc1.[Y]. The summed E-state index contributed by atoms with van der Waals surface area (Å²) in [6.45, 7) is 5.19. The molecule has 1 amide bonds. The fourth-order valence-corrected chi connectivity index (χ4v) is 5.20. The Bertz CT molecular complexity index is 1400. The van der Waals surface area contributed by atoms with E-state index in [4.69, 9.17) is 0 Å². The molecule has 161 valence electrons. The molecule has 4 aromatic rings. The van der Waals surface area contributed by atoms with Gasteiger partial charge in [0.1, 0.15) is 17.0 Å². The number of hydrogen-bond donors (Lipinski definition) is 2. The van der Waals surface area contributed by atoms with Gasteiger partial charge in [0.25, 0.3) is 10.0 Å². The molecule has 0 aliphatic rings. The minimum Gasteiger partial charge on any atom is -0.340 e. The number of anilines is 2. The normalized spacial score (nSPS) is 11.1. The molecule has 32 heavy (non-hydrogen) atoms. The Hall–Kier alpha value is -2.20. The number of carbonyl (C=O) groups is 1. The molecule has 2 aromatic carbocycles. The van der Waals surface area contributed by atoms with E-state index < -0.39 is 15.9 Å². The second kappa shape index (κ2) is 9.74. The topological polar surface area (TPSA) is 101 Å². The van der Waals surface area contributed by atoms with Gasteiger partial charge in [0.2, 0.25) is 5.91 Å². The van der Waals surface area contributed by atoms with Gasteiger partial charge in [-0.05, 0) is 35.2 Å². The monoisotopic (exact) mass is 540 g/mol. The summed E-state index contributed by atoms with van der Waals surface area (Å²) in [5.74, 6) is -0.0158. The van der Waals surface area contributed by atoms with Crippen molar-refractivity contribution in [3.63, 3.8) is 0 Å². The summed E-state index contributed by atoms with van der Waals surface area (Å²) >= 11 is 1.53. The van der Waals surface area contributed by atoms with Crippen LogP contribution in [0.15, 0.2) is 53.0 Å². The second-order valence-electron chi connectivity index (χ2n) is 7.04. The van der Waals surface area contributed by atoms with Crippen LogP contribution in [0.5, 0.6) is 0 Å². The first-order valence-corrected chi connectivity index (χ1v) is 11.7. The van der Waals surface area contributed by atoms with E-state index in [1.807, 2.05) is 24.6 Å². The third-order valence-electron chi connectivity index (χ3n) is 4.65. The number of amides is 1. The number of thiophene rings is 1. The van der Waals surface area contributed by atoms with Crippen LogP contribution in [-0.2, 0) is 47.5 Å². The number of hydrogen-bond acceptors (Lipinski definition) is 7. The minimum atomic E-state index is -3.88. The molecule has 0 unspecified atom stereocenters. The van der Waals surface area contributed by atoms with E-state index in [0.29, 0.717) is 11.5 Å². The number of aryl methyl sites for hydroxylation is 2. The predicted molar refractivity (Wildman–Crippen MR) is 122 cm³/mol. The van der Waals surface area contributed by atoms with Gasteiger partial charge in [-0.15, -0.1) is 16.9 Å². The minimum absolute atomic E-state index is 0. The van der Waals surface area contributed by atoms with E-state index in [9.17, 15) is 13.2 Å². The van der Waals surface area contributed by atoms with Crippen LogP contribution in [0.3, 0.4) is 0 Å². The molecule has 7 nitrogen and oxygen atoms in total. The maximum Gasteiger partial charge on any atom is 0.264 e. The Balaban J connectivity index is 0.00000289. The molecule has 4 rings (SSSR count). The average molecular weight is 540 g/mol. The van der Waals surface area contributed by atoms with Crippen molar-refractivity contribution in [1.29, 1.82) is 0 Å². The number of benzene rings is 2. The summed E-state index contributed by atoms with van der Waals surface area (Å²) < 4.78 is 26.2. The van der Waals surface area contributed by atoms with Crippen LogP contribution >= 0.6 is 11.3 Å². The number of rotatable bonds is 5. The summed E-state index contributed by atoms with van der Waals surface area (Å²) in [5.41, 5.74) is 4.85. The summed E-state index contributed by atoms with van der Waals surface area (Å²) in [7, 11) is -3.88. The van der Waals surface area contributed by atoms with Crippen LogP contribution in [0.1, 0.15) is 18.1 Å². The first-order chi connectivity index (χ1) is 14.7. The maximum absolute atomic E-state index is 12.1. The van der Waals surface area contributed by atoms with Crippen molar-refractivity contribution in [1.82, 2.24) is 14.7 Å². The van der Waals surface area contributed by atoms with Crippen molar-refractivity contribution in [2.75, 3.05) is 5.32 Å². The molecule has 2 N–H and O–H groups in total. The fraction of sp³-hybridized carbons (Fsp3) is 0.136. The van der Waals surface area contributed by atoms with Crippen molar-refractivity contribution < 1.29 is 45.9 Å². The number of carbonyl (C=O) groups excluding carboxylic acids is 1. The third kappa shape index (κ3) is 5.06. The Labute approximate surface area is 215 Å². The summed E-state index contributed by atoms with van der Waals surface area (Å²) in [4.78, 5) is 20.8. The second-order valence-corrected chi connectivity index (χ2v) is 9.58. The first kappa shape index (κ1) is 24.4. The van der Waals surface area contributed by atoms with Crippen LogP contribution in [-0.4, -0.2) is 24.3 Å². The summed E-state index contributed by atoms with van der Waals surface area (Å²) in [6, 6.07) is 13.6. The van der Waals surface area contributed by atoms with Crippen LogP contribution in [0.4, 0.5) is 11.5 Å². The zero-order chi connectivity index (χ0) is 22.2. The molecular formula is C22H19N4O3S2Y-. The summed E-state index contributed by atoms with van der Waals surface area (Å²) in [5, 5.41) is 6.20. The number of fused-ring (bicyclic) bond motifs is 1. The number of nitrogens with zero attached hydrogens (tertiary/aromatic N) is 2. The van der Waals surface area contributed by atoms with E-state index in [1.54, 1.807) is 12.1 Å². The van der Waals surface area contributed by atoms with Crippen molar-refractivity contribution in [3.8, 4) is 11.1 Å². The van der Waals surface area contributed by atoms with E-state index in [1.165, 1.54) is 29.8 Å². The Morgan fingerprint density at radius 2 is 1.75 bits per heavy atom. The molecule has 1 radical (unpaired) electrons. The zero-order valence-electron chi connectivity index (χ0n) is 17.6. The molecule has 10 heteroatoms. The molecule has 0 aliphatic heterocycles. The number of nitrogens with one attached hydrogen (secondary N) is 2. The van der Waals surface area contributed by atoms with Gasteiger partial charge in [-0.25, -0.2) is 23.1 Å². The fourth-order valence-electron chi connectivity index (χ4n) is 3.30. The first-order valence-electron chi connectivity index (χ1n) is 9.37. The van der Waals surface area contributed by atoms with Crippen molar-refractivity contribution in [2.24, 2.45) is 0 Å². The Kier molecular flexibility index (Phi) is 7.44. The molecule has 2 heterocycles. The number of sulfonamides is 1. The average Bonchev–Trinajstić information content (AvgIpc) is 3.12. The zero-order valence-corrected chi connectivity index (χ0v) is 22.1. The van der Waals surface area contributed by atoms with Crippen LogP contribution in [0.25, 0.3) is 21.3 Å². The summed E-state index contributed by atoms with van der Waals surface area (Å²) in [6.07, 6.45) is 1.49. The molecule has 0 fully saturated rings. The molecule has 0 saturated carbocycles. The molecule has 0 spiro atoms. The van der Waals surface area contributed by atoms with Crippen LogP contribution in [0.2, 0.25) is 0 Å². The van der Waals surface area contributed by atoms with Crippen molar-refractivity contribution in [3.05, 3.63) is 65.3 Å². The molecule has 0 aliphatic carbocycles. The Morgan fingerprint density at radius 1 is 1.03 bits per heavy atom. The van der Waals surface area contributed by atoms with Gasteiger partial charge >= 0.3 is 0 Å². The van der Waals surface area contributed by atoms with E-state index in [0.717, 1.165) is 39.4 Å². The van der Waals surface area contributed by atoms with Crippen molar-refractivity contribution >= 4 is 49.0 Å². The molecular weight excluding hydrogens is 521 g/mol. The number of aromatic nitrogens is 2. The molecule has 0 atom stereocenters. The molecule has 0 saturated heterocycles.